The van der Waals surface area contributed by atoms with Crippen molar-refractivity contribution in [3.8, 4) is 0 Å². The summed E-state index contributed by atoms with van der Waals surface area (Å²) in [5.41, 5.74) is 1.21. The fourth-order valence-corrected chi connectivity index (χ4v) is 2.09. The van der Waals surface area contributed by atoms with Crippen molar-refractivity contribution in [2.75, 3.05) is 11.9 Å². The van der Waals surface area contributed by atoms with E-state index in [-0.39, 0.29) is 5.91 Å². The Hall–Kier alpha value is -1.75. The number of rotatable bonds is 5. The van der Waals surface area contributed by atoms with Gasteiger partial charge in [0.25, 0.3) is 0 Å². The van der Waals surface area contributed by atoms with Gasteiger partial charge in [-0.2, -0.15) is 0 Å². The molecule has 0 N–H and O–H groups in total. The Bertz CT molecular complexity index is 557. The number of nitrogens with zero attached hydrogens (tertiary/aromatic N) is 3. The molecule has 104 valence electrons. The summed E-state index contributed by atoms with van der Waals surface area (Å²) >= 11 is 3.33. The standard InChI is InChI=1S/C15H16BrN3O/c1-19(14-6-5-13(16)11-18-14)15(20)4-2-3-12-7-9-17-10-8-12/h5-11H,2-4H2,1H3. The van der Waals surface area contributed by atoms with Crippen LogP contribution in [0.2, 0.25) is 0 Å². The average Bonchev–Trinajstić information content (AvgIpc) is 2.48. The lowest BCUT2D eigenvalue weighted by Crippen LogP contribution is -2.26. The van der Waals surface area contributed by atoms with Gasteiger partial charge in [-0.3, -0.25) is 14.7 Å². The SMILES string of the molecule is CN(C(=O)CCCc1ccncc1)c1ccc(Br)cn1. The first-order valence-corrected chi connectivity index (χ1v) is 7.23. The van der Waals surface area contributed by atoms with E-state index in [1.54, 1.807) is 30.5 Å². The van der Waals surface area contributed by atoms with Crippen molar-refractivity contribution in [1.29, 1.82) is 0 Å². The second-order valence-electron chi connectivity index (χ2n) is 4.50. The van der Waals surface area contributed by atoms with Gasteiger partial charge in [-0.05, 0) is 58.6 Å². The summed E-state index contributed by atoms with van der Waals surface area (Å²) in [5, 5.41) is 0. The first kappa shape index (κ1) is 14.7. The van der Waals surface area contributed by atoms with E-state index in [9.17, 15) is 4.79 Å². The van der Waals surface area contributed by atoms with Crippen molar-refractivity contribution in [2.45, 2.75) is 19.3 Å². The number of halogens is 1. The first-order chi connectivity index (χ1) is 9.66. The summed E-state index contributed by atoms with van der Waals surface area (Å²) in [6, 6.07) is 7.66. The second kappa shape index (κ2) is 7.14. The summed E-state index contributed by atoms with van der Waals surface area (Å²) in [4.78, 5) is 21.9. The molecule has 0 atom stereocenters. The maximum absolute atomic E-state index is 12.1. The normalized spacial score (nSPS) is 10.3. The van der Waals surface area contributed by atoms with Crippen molar-refractivity contribution in [3.63, 3.8) is 0 Å². The van der Waals surface area contributed by atoms with Gasteiger partial charge in [0.1, 0.15) is 5.82 Å². The highest BCUT2D eigenvalue weighted by Crippen LogP contribution is 2.15. The van der Waals surface area contributed by atoms with Crippen molar-refractivity contribution in [1.82, 2.24) is 9.97 Å². The molecule has 2 heterocycles. The largest absolute Gasteiger partial charge is 0.300 e. The van der Waals surface area contributed by atoms with Crippen LogP contribution in [0.25, 0.3) is 0 Å². The fourth-order valence-electron chi connectivity index (χ4n) is 1.86. The highest BCUT2D eigenvalue weighted by molar-refractivity contribution is 9.10. The Morgan fingerprint density at radius 3 is 2.65 bits per heavy atom. The molecule has 0 bridgehead atoms. The zero-order valence-corrected chi connectivity index (χ0v) is 12.9. The van der Waals surface area contributed by atoms with E-state index in [1.807, 2.05) is 24.3 Å². The van der Waals surface area contributed by atoms with Gasteiger partial charge in [-0.15, -0.1) is 0 Å². The quantitative estimate of drug-likeness (QED) is 0.843. The molecule has 0 unspecified atom stereocenters. The molecule has 0 aliphatic rings. The van der Waals surface area contributed by atoms with Gasteiger partial charge in [-0.25, -0.2) is 4.98 Å². The van der Waals surface area contributed by atoms with E-state index in [0.29, 0.717) is 12.2 Å². The average molecular weight is 334 g/mol. The molecule has 0 aromatic carbocycles. The molecule has 0 aliphatic carbocycles. The summed E-state index contributed by atoms with van der Waals surface area (Å²) in [6.07, 6.45) is 7.45. The maximum atomic E-state index is 12.1. The molecule has 2 aromatic heterocycles. The van der Waals surface area contributed by atoms with E-state index in [2.05, 4.69) is 25.9 Å². The van der Waals surface area contributed by atoms with Crippen LogP contribution in [0, 0.1) is 0 Å². The second-order valence-corrected chi connectivity index (χ2v) is 5.41. The smallest absolute Gasteiger partial charge is 0.227 e. The Morgan fingerprint density at radius 1 is 1.25 bits per heavy atom. The first-order valence-electron chi connectivity index (χ1n) is 6.44. The zero-order chi connectivity index (χ0) is 14.4. The summed E-state index contributed by atoms with van der Waals surface area (Å²) in [6.45, 7) is 0. The number of carbonyl (C=O) groups excluding carboxylic acids is 1. The van der Waals surface area contributed by atoms with Crippen LogP contribution in [0.4, 0.5) is 5.82 Å². The van der Waals surface area contributed by atoms with E-state index >= 15 is 0 Å². The third-order valence-corrected chi connectivity index (χ3v) is 3.50. The van der Waals surface area contributed by atoms with Gasteiger partial charge in [0.2, 0.25) is 5.91 Å². The minimum absolute atomic E-state index is 0.0777. The number of carbonyl (C=O) groups is 1. The van der Waals surface area contributed by atoms with Gasteiger partial charge < -0.3 is 0 Å². The number of aryl methyl sites for hydroxylation is 1. The maximum Gasteiger partial charge on any atom is 0.227 e. The Kier molecular flexibility index (Phi) is 5.24. The predicted molar refractivity (Wildman–Crippen MR) is 82.5 cm³/mol. The van der Waals surface area contributed by atoms with Crippen molar-refractivity contribution in [3.05, 3.63) is 52.9 Å². The molecule has 0 spiro atoms. The fraction of sp³-hybridized carbons (Fsp3) is 0.267. The van der Waals surface area contributed by atoms with Gasteiger partial charge in [0.05, 0.1) is 0 Å². The lowest BCUT2D eigenvalue weighted by atomic mass is 10.1. The molecule has 0 saturated heterocycles. The van der Waals surface area contributed by atoms with Gasteiger partial charge in [-0.1, -0.05) is 0 Å². The van der Waals surface area contributed by atoms with Crippen molar-refractivity contribution >= 4 is 27.7 Å². The molecule has 0 saturated carbocycles. The van der Waals surface area contributed by atoms with Gasteiger partial charge in [0.15, 0.2) is 0 Å². The topological polar surface area (TPSA) is 46.1 Å². The summed E-state index contributed by atoms with van der Waals surface area (Å²) in [7, 11) is 1.75. The minimum Gasteiger partial charge on any atom is -0.300 e. The number of hydrogen-bond donors (Lipinski definition) is 0. The number of anilines is 1. The molecule has 4 nitrogen and oxygen atoms in total. The molecule has 0 aliphatic heterocycles. The lowest BCUT2D eigenvalue weighted by molar-refractivity contribution is -0.118. The Morgan fingerprint density at radius 2 is 2.00 bits per heavy atom. The number of aromatic nitrogens is 2. The van der Waals surface area contributed by atoms with Crippen LogP contribution < -0.4 is 4.90 Å². The number of pyridine rings is 2. The molecule has 2 rings (SSSR count). The molecular weight excluding hydrogens is 318 g/mol. The van der Waals surface area contributed by atoms with Crippen LogP contribution in [0.3, 0.4) is 0 Å². The molecule has 20 heavy (non-hydrogen) atoms. The van der Waals surface area contributed by atoms with E-state index in [1.165, 1.54) is 5.56 Å². The van der Waals surface area contributed by atoms with E-state index < -0.39 is 0 Å². The summed E-state index contributed by atoms with van der Waals surface area (Å²) in [5.74, 6) is 0.746. The van der Waals surface area contributed by atoms with Crippen LogP contribution in [0.5, 0.6) is 0 Å². The molecule has 0 fully saturated rings. The highest BCUT2D eigenvalue weighted by Gasteiger charge is 2.11. The Labute approximate surface area is 127 Å². The van der Waals surface area contributed by atoms with Crippen LogP contribution >= 0.6 is 15.9 Å². The molecule has 2 aromatic rings. The minimum atomic E-state index is 0.0777. The Balaban J connectivity index is 1.84. The van der Waals surface area contributed by atoms with Gasteiger partial charge in [0, 0.05) is 36.5 Å². The highest BCUT2D eigenvalue weighted by atomic mass is 79.9. The van der Waals surface area contributed by atoms with E-state index in [0.717, 1.165) is 17.3 Å². The predicted octanol–water partition coefficient (Wildman–Crippen LogP) is 3.22. The van der Waals surface area contributed by atoms with Crippen LogP contribution in [0.1, 0.15) is 18.4 Å². The monoisotopic (exact) mass is 333 g/mol. The van der Waals surface area contributed by atoms with E-state index in [4.69, 9.17) is 0 Å². The van der Waals surface area contributed by atoms with Crippen molar-refractivity contribution in [2.24, 2.45) is 0 Å². The summed E-state index contributed by atoms with van der Waals surface area (Å²) < 4.78 is 0.903. The lowest BCUT2D eigenvalue weighted by Gasteiger charge is -2.16. The van der Waals surface area contributed by atoms with Crippen molar-refractivity contribution < 1.29 is 4.79 Å². The zero-order valence-electron chi connectivity index (χ0n) is 11.3. The van der Waals surface area contributed by atoms with Crippen LogP contribution in [-0.2, 0) is 11.2 Å². The third kappa shape index (κ3) is 4.13. The molecule has 5 heteroatoms. The third-order valence-electron chi connectivity index (χ3n) is 3.03. The van der Waals surface area contributed by atoms with Gasteiger partial charge >= 0.3 is 0 Å². The van der Waals surface area contributed by atoms with Crippen LogP contribution in [-0.4, -0.2) is 22.9 Å². The number of amides is 1. The molecule has 0 radical (unpaired) electrons. The number of hydrogen-bond acceptors (Lipinski definition) is 3. The molecular formula is C15H16BrN3O. The van der Waals surface area contributed by atoms with Crippen LogP contribution in [0.15, 0.2) is 47.3 Å². The molecule has 1 amide bonds.